The summed E-state index contributed by atoms with van der Waals surface area (Å²) in [6, 6.07) is 13.6. The van der Waals surface area contributed by atoms with Gasteiger partial charge in [-0.1, -0.05) is 42.5 Å². The number of esters is 1. The highest BCUT2D eigenvalue weighted by Crippen LogP contribution is 2.26. The summed E-state index contributed by atoms with van der Waals surface area (Å²) in [7, 11) is 1.17. The highest BCUT2D eigenvalue weighted by atomic mass is 16.5. The largest absolute Gasteiger partial charge is 0.467 e. The van der Waals surface area contributed by atoms with Crippen LogP contribution in [0.4, 0.5) is 0 Å². The third-order valence-electron chi connectivity index (χ3n) is 3.70. The molecule has 1 heterocycles. The second-order valence-corrected chi connectivity index (χ2v) is 5.07. The molecule has 0 aliphatic carbocycles. The van der Waals surface area contributed by atoms with Gasteiger partial charge < -0.3 is 4.74 Å². The third-order valence-corrected chi connectivity index (χ3v) is 3.70. The number of hydrogen-bond acceptors (Lipinski definition) is 4. The first-order valence-electron chi connectivity index (χ1n) is 7.66. The summed E-state index contributed by atoms with van der Waals surface area (Å²) in [4.78, 5) is 38.3. The van der Waals surface area contributed by atoms with E-state index in [1.54, 1.807) is 42.5 Å². The van der Waals surface area contributed by atoms with Gasteiger partial charge in [0.15, 0.2) is 0 Å². The van der Waals surface area contributed by atoms with Gasteiger partial charge in [-0.25, -0.2) is 4.79 Å². The quantitative estimate of drug-likeness (QED) is 0.640. The molecule has 0 spiro atoms. The van der Waals surface area contributed by atoms with E-state index in [2.05, 4.69) is 0 Å². The first kappa shape index (κ1) is 13.7. The number of methoxy groups -OCH3 is 1. The van der Waals surface area contributed by atoms with Gasteiger partial charge in [-0.15, -0.1) is 0 Å². The standard InChI is InChI=1S/C18H15NO4/c1-23-18(22)15(11-12-7-3-2-4-8-12)19-16(20)13-9-5-6-10-14(13)17(19)21/h2-10,15H,11H2,1H3/t15-/m0/s1/i11D/t11-,15+/m1. The summed E-state index contributed by atoms with van der Waals surface area (Å²) in [5, 5.41) is 0. The maximum absolute atomic E-state index is 12.6. The highest BCUT2D eigenvalue weighted by molar-refractivity contribution is 6.22. The Hall–Kier alpha value is -2.95. The molecule has 116 valence electrons. The molecule has 0 bridgehead atoms. The third kappa shape index (κ3) is 2.61. The molecule has 3 rings (SSSR count). The number of benzene rings is 2. The van der Waals surface area contributed by atoms with E-state index in [1.165, 1.54) is 19.2 Å². The zero-order chi connectivity index (χ0) is 17.3. The Bertz CT molecular complexity index is 771. The molecule has 0 fully saturated rings. The molecular formula is C18H15NO4. The first-order chi connectivity index (χ1) is 11.6. The zero-order valence-corrected chi connectivity index (χ0v) is 12.4. The van der Waals surface area contributed by atoms with Crippen molar-refractivity contribution < 1.29 is 20.5 Å². The Labute approximate surface area is 134 Å². The molecule has 0 saturated heterocycles. The van der Waals surface area contributed by atoms with Crippen molar-refractivity contribution in [2.45, 2.75) is 12.4 Å². The molecule has 2 amide bonds. The number of carbonyl (C=O) groups is 3. The minimum Gasteiger partial charge on any atom is -0.467 e. The van der Waals surface area contributed by atoms with Crippen LogP contribution >= 0.6 is 0 Å². The van der Waals surface area contributed by atoms with Gasteiger partial charge in [-0.3, -0.25) is 14.5 Å². The van der Waals surface area contributed by atoms with Gasteiger partial charge in [0.05, 0.1) is 18.2 Å². The van der Waals surface area contributed by atoms with Crippen LogP contribution in [0.1, 0.15) is 27.7 Å². The number of nitrogens with zero attached hydrogens (tertiary/aromatic N) is 1. The van der Waals surface area contributed by atoms with Crippen LogP contribution in [0.15, 0.2) is 54.6 Å². The summed E-state index contributed by atoms with van der Waals surface area (Å²) >= 11 is 0. The fraction of sp³-hybridized carbons (Fsp3) is 0.167. The molecule has 5 heteroatoms. The fourth-order valence-electron chi connectivity index (χ4n) is 2.58. The van der Waals surface area contributed by atoms with Gasteiger partial charge in [-0.2, -0.15) is 0 Å². The topological polar surface area (TPSA) is 63.7 Å². The summed E-state index contributed by atoms with van der Waals surface area (Å²) in [6.07, 6.45) is -1.14. The Kier molecular flexibility index (Phi) is 3.60. The van der Waals surface area contributed by atoms with E-state index in [0.717, 1.165) is 4.90 Å². The van der Waals surface area contributed by atoms with Crippen LogP contribution < -0.4 is 0 Å². The number of hydrogen-bond donors (Lipinski definition) is 0. The predicted octanol–water partition coefficient (Wildman–Crippen LogP) is 2.07. The summed E-state index contributed by atoms with van der Waals surface area (Å²) in [5.41, 5.74) is 0.984. The second kappa shape index (κ2) is 6.04. The van der Waals surface area contributed by atoms with Gasteiger partial charge in [0.1, 0.15) is 6.04 Å². The maximum Gasteiger partial charge on any atom is 0.329 e. The lowest BCUT2D eigenvalue weighted by Crippen LogP contribution is -2.46. The number of rotatable bonds is 4. The van der Waals surface area contributed by atoms with E-state index in [0.29, 0.717) is 5.56 Å². The van der Waals surface area contributed by atoms with Crippen molar-refractivity contribution in [1.29, 1.82) is 0 Å². The van der Waals surface area contributed by atoms with E-state index in [1.807, 2.05) is 0 Å². The molecule has 5 nitrogen and oxygen atoms in total. The molecular weight excluding hydrogens is 294 g/mol. The minimum absolute atomic E-state index is 0.233. The average Bonchev–Trinajstić information content (AvgIpc) is 2.88. The Morgan fingerprint density at radius 3 is 2.09 bits per heavy atom. The minimum atomic E-state index is -1.34. The molecule has 0 aromatic heterocycles. The van der Waals surface area contributed by atoms with Crippen LogP contribution in [0.2, 0.25) is 0 Å². The molecule has 2 atom stereocenters. The van der Waals surface area contributed by atoms with Crippen molar-refractivity contribution >= 4 is 17.8 Å². The molecule has 2 aromatic rings. The second-order valence-electron chi connectivity index (χ2n) is 5.07. The van der Waals surface area contributed by atoms with Crippen LogP contribution in [-0.4, -0.2) is 35.8 Å². The van der Waals surface area contributed by atoms with Crippen molar-refractivity contribution in [3.05, 3.63) is 71.3 Å². The SMILES string of the molecule is [2H][C@H](c1ccccc1)[C@@H](C(=O)OC)N1C(=O)c2ccccc2C1=O. The Balaban J connectivity index is 2.04. The van der Waals surface area contributed by atoms with Gasteiger partial charge >= 0.3 is 5.97 Å². The summed E-state index contributed by atoms with van der Waals surface area (Å²) < 4.78 is 13.2. The van der Waals surface area contributed by atoms with Gasteiger partial charge in [0.25, 0.3) is 11.8 Å². The lowest BCUT2D eigenvalue weighted by Gasteiger charge is -2.24. The maximum atomic E-state index is 12.6. The van der Waals surface area contributed by atoms with Gasteiger partial charge in [0, 0.05) is 7.77 Å². The van der Waals surface area contributed by atoms with Crippen LogP contribution in [-0.2, 0) is 15.9 Å². The lowest BCUT2D eigenvalue weighted by atomic mass is 10.0. The molecule has 23 heavy (non-hydrogen) atoms. The fourth-order valence-corrected chi connectivity index (χ4v) is 2.58. The van der Waals surface area contributed by atoms with Gasteiger partial charge in [0.2, 0.25) is 0 Å². The van der Waals surface area contributed by atoms with E-state index in [4.69, 9.17) is 6.11 Å². The van der Waals surface area contributed by atoms with Crippen LogP contribution in [0.5, 0.6) is 0 Å². The zero-order valence-electron chi connectivity index (χ0n) is 13.4. The van der Waals surface area contributed by atoms with Crippen molar-refractivity contribution in [3.63, 3.8) is 0 Å². The van der Waals surface area contributed by atoms with E-state index >= 15 is 0 Å². The van der Waals surface area contributed by atoms with Gasteiger partial charge in [-0.05, 0) is 17.7 Å². The number of fused-ring (bicyclic) bond motifs is 1. The molecule has 2 aromatic carbocycles. The normalized spacial score (nSPS) is 16.6. The summed E-state index contributed by atoms with van der Waals surface area (Å²) in [6.45, 7) is 0. The molecule has 1 aliphatic rings. The molecule has 0 saturated carbocycles. The predicted molar refractivity (Wildman–Crippen MR) is 82.9 cm³/mol. The van der Waals surface area contributed by atoms with E-state index in [-0.39, 0.29) is 11.1 Å². The van der Waals surface area contributed by atoms with Crippen LogP contribution in [0.3, 0.4) is 0 Å². The van der Waals surface area contributed by atoms with Crippen LogP contribution in [0.25, 0.3) is 0 Å². The monoisotopic (exact) mass is 310 g/mol. The van der Waals surface area contributed by atoms with Crippen molar-refractivity contribution in [3.8, 4) is 0 Å². The molecule has 0 radical (unpaired) electrons. The lowest BCUT2D eigenvalue weighted by molar-refractivity contribution is -0.145. The van der Waals surface area contributed by atoms with Crippen molar-refractivity contribution in [2.75, 3.05) is 7.11 Å². The molecule has 0 N–H and O–H groups in total. The number of carbonyl (C=O) groups excluding carboxylic acids is 3. The van der Waals surface area contributed by atoms with Crippen molar-refractivity contribution in [2.24, 2.45) is 0 Å². The summed E-state index contributed by atoms with van der Waals surface area (Å²) in [5.74, 6) is -1.97. The first-order valence-corrected chi connectivity index (χ1v) is 7.08. The molecule has 0 unspecified atom stereocenters. The molecule has 1 aliphatic heterocycles. The van der Waals surface area contributed by atoms with Crippen molar-refractivity contribution in [1.82, 2.24) is 4.90 Å². The Morgan fingerprint density at radius 1 is 1.04 bits per heavy atom. The van der Waals surface area contributed by atoms with Crippen LogP contribution in [0, 0.1) is 0 Å². The number of amides is 2. The highest BCUT2D eigenvalue weighted by Gasteiger charge is 2.43. The smallest absolute Gasteiger partial charge is 0.329 e. The average molecular weight is 310 g/mol. The Morgan fingerprint density at radius 2 is 1.57 bits per heavy atom. The number of imide groups is 1. The van der Waals surface area contributed by atoms with E-state index in [9.17, 15) is 14.4 Å². The van der Waals surface area contributed by atoms with E-state index < -0.39 is 30.2 Å². The number of ether oxygens (including phenoxy) is 1.